The maximum atomic E-state index is 13.7. The molecule has 1 unspecified atom stereocenters. The Labute approximate surface area is 266 Å². The van der Waals surface area contributed by atoms with Gasteiger partial charge in [-0.1, -0.05) is 29.8 Å². The molecule has 1 aromatic heterocycles. The molecule has 2 heterocycles. The molecule has 6 nitrogen and oxygen atoms in total. The Morgan fingerprint density at radius 1 is 1.05 bits per heavy atom. The van der Waals surface area contributed by atoms with Crippen LogP contribution in [0.3, 0.4) is 0 Å². The maximum absolute atomic E-state index is 13.7. The molecule has 1 atom stereocenters. The summed E-state index contributed by atoms with van der Waals surface area (Å²) in [5.74, 6) is -0.533. The van der Waals surface area contributed by atoms with Crippen molar-refractivity contribution in [2.24, 2.45) is 0 Å². The number of sulfonamides is 1. The number of carboxylic acid groups (broad SMARTS) is 1. The third-order valence-corrected chi connectivity index (χ3v) is 11.8. The average molecular weight is 655 g/mol. The fourth-order valence-electron chi connectivity index (χ4n) is 6.76. The molecular weight excluding hydrogens is 619 g/mol. The fraction of sp³-hybridized carbons (Fsp3) is 0.382. The molecule has 0 bridgehead atoms. The van der Waals surface area contributed by atoms with Crippen LogP contribution in [0.2, 0.25) is 5.02 Å². The number of hydrogen-bond acceptors (Lipinski definition) is 5. The molecule has 1 fully saturated rings. The molecule has 4 aromatic rings. The molecule has 0 amide bonds. The second-order valence-electron chi connectivity index (χ2n) is 12.0. The number of rotatable bonds is 10. The van der Waals surface area contributed by atoms with E-state index in [0.29, 0.717) is 36.6 Å². The minimum absolute atomic E-state index is 0.0694. The van der Waals surface area contributed by atoms with E-state index in [9.17, 15) is 22.7 Å². The van der Waals surface area contributed by atoms with Crippen molar-refractivity contribution in [3.63, 3.8) is 0 Å². The number of piperidine rings is 1. The van der Waals surface area contributed by atoms with Gasteiger partial charge in [0.25, 0.3) is 0 Å². The van der Waals surface area contributed by atoms with Crippen molar-refractivity contribution in [3.8, 4) is 0 Å². The minimum atomic E-state index is -3.69. The Balaban J connectivity index is 1.12. The van der Waals surface area contributed by atoms with E-state index in [1.54, 1.807) is 35.6 Å². The van der Waals surface area contributed by atoms with Crippen LogP contribution in [0.15, 0.2) is 64.9 Å². The Bertz CT molecular complexity index is 1770. The van der Waals surface area contributed by atoms with E-state index in [1.807, 2.05) is 6.07 Å². The predicted molar refractivity (Wildman–Crippen MR) is 174 cm³/mol. The molecule has 0 radical (unpaired) electrons. The lowest BCUT2D eigenvalue weighted by atomic mass is 9.83. The zero-order chi connectivity index (χ0) is 30.8. The number of fused-ring (bicyclic) bond motifs is 2. The number of hydrogen-bond donors (Lipinski definition) is 2. The highest BCUT2D eigenvalue weighted by Gasteiger charge is 2.27. The van der Waals surface area contributed by atoms with Crippen LogP contribution in [0.1, 0.15) is 59.4 Å². The predicted octanol–water partition coefficient (Wildman–Crippen LogP) is 6.97. The smallest absolute Gasteiger partial charge is 0.303 e. The van der Waals surface area contributed by atoms with Gasteiger partial charge in [-0.3, -0.25) is 4.79 Å². The van der Waals surface area contributed by atoms with Gasteiger partial charge in [0.1, 0.15) is 5.82 Å². The van der Waals surface area contributed by atoms with Gasteiger partial charge in [-0.05, 0) is 139 Å². The first-order valence-corrected chi connectivity index (χ1v) is 17.9. The number of nitrogens with one attached hydrogen (secondary N) is 1. The van der Waals surface area contributed by atoms with Gasteiger partial charge in [-0.25, -0.2) is 17.5 Å². The van der Waals surface area contributed by atoms with Crippen LogP contribution < -0.4 is 4.72 Å². The number of carbonyl (C=O) groups is 1. The van der Waals surface area contributed by atoms with Crippen molar-refractivity contribution in [2.75, 3.05) is 19.6 Å². The number of benzene rings is 3. The minimum Gasteiger partial charge on any atom is -0.481 e. The lowest BCUT2D eigenvalue weighted by Crippen LogP contribution is -2.39. The number of aryl methyl sites for hydroxylation is 1. The van der Waals surface area contributed by atoms with Crippen LogP contribution in [0.5, 0.6) is 0 Å². The van der Waals surface area contributed by atoms with Gasteiger partial charge in [0.2, 0.25) is 10.0 Å². The van der Waals surface area contributed by atoms with Crippen LogP contribution in [0, 0.1) is 5.82 Å². The van der Waals surface area contributed by atoms with Gasteiger partial charge in [-0.2, -0.15) is 0 Å². The molecule has 0 spiro atoms. The highest BCUT2D eigenvalue weighted by atomic mass is 35.5. The monoisotopic (exact) mass is 654 g/mol. The third-order valence-electron chi connectivity index (χ3n) is 9.07. The van der Waals surface area contributed by atoms with Crippen LogP contribution in [0.25, 0.3) is 10.1 Å². The normalized spacial score (nSPS) is 18.0. The van der Waals surface area contributed by atoms with Crippen molar-refractivity contribution in [1.29, 1.82) is 0 Å². The number of nitrogens with zero attached hydrogens (tertiary/aromatic N) is 1. The Morgan fingerprint density at radius 3 is 2.57 bits per heavy atom. The first-order chi connectivity index (χ1) is 21.1. The molecule has 232 valence electrons. The molecule has 44 heavy (non-hydrogen) atoms. The van der Waals surface area contributed by atoms with Crippen LogP contribution >= 0.6 is 22.9 Å². The van der Waals surface area contributed by atoms with Gasteiger partial charge in [0, 0.05) is 28.7 Å². The lowest BCUT2D eigenvalue weighted by Gasteiger charge is -2.32. The highest BCUT2D eigenvalue weighted by Crippen LogP contribution is 2.37. The number of carboxylic acids is 1. The summed E-state index contributed by atoms with van der Waals surface area (Å²) in [6, 6.07) is 15.4. The van der Waals surface area contributed by atoms with Crippen LogP contribution in [-0.4, -0.2) is 50.1 Å². The van der Waals surface area contributed by atoms with Gasteiger partial charge < -0.3 is 10.0 Å². The Hall–Kier alpha value is -2.82. The Kier molecular flexibility index (Phi) is 9.40. The molecule has 6 rings (SSSR count). The first-order valence-electron chi connectivity index (χ1n) is 15.2. The molecule has 0 saturated carbocycles. The summed E-state index contributed by atoms with van der Waals surface area (Å²) >= 11 is 7.56. The standard InChI is InChI=1S/C34H36ClFN2O4S2/c35-26-2-6-29(7-3-26)44(41,42)37-28-5-9-30-24(1-10-34(39)40)17-22(18-25(30)19-28)11-14-38-15-12-23(13-16-38)32-21-43-33-20-27(36)4-8-31(32)33/h2-4,6-8,17-18,20-21,23,28,37H,1,5,9-16,19H2,(H,39,40). The first kappa shape index (κ1) is 31.2. The SMILES string of the molecule is O=C(O)CCc1cc(CCN2CCC(c3csc4cc(F)ccc34)CC2)cc2c1CCC(NS(=O)(=O)c1ccc(Cl)cc1)C2. The average Bonchev–Trinajstić information content (AvgIpc) is 3.42. The van der Waals surface area contributed by atoms with Crippen molar-refractivity contribution in [3.05, 3.63) is 98.6 Å². The molecule has 2 aliphatic rings. The highest BCUT2D eigenvalue weighted by molar-refractivity contribution is 7.89. The number of likely N-dealkylation sites (tertiary alicyclic amines) is 1. The maximum Gasteiger partial charge on any atom is 0.303 e. The van der Waals surface area contributed by atoms with E-state index in [1.165, 1.54) is 34.2 Å². The van der Waals surface area contributed by atoms with E-state index >= 15 is 0 Å². The fourth-order valence-corrected chi connectivity index (χ4v) is 9.23. The Morgan fingerprint density at radius 2 is 1.82 bits per heavy atom. The quantitative estimate of drug-likeness (QED) is 0.193. The number of aliphatic carboxylic acids is 1. The summed E-state index contributed by atoms with van der Waals surface area (Å²) in [6.07, 6.45) is 5.44. The summed E-state index contributed by atoms with van der Waals surface area (Å²) in [5.41, 5.74) is 5.85. The number of thiophene rings is 1. The van der Waals surface area contributed by atoms with Gasteiger partial charge in [-0.15, -0.1) is 11.3 Å². The molecule has 3 aromatic carbocycles. The summed E-state index contributed by atoms with van der Waals surface area (Å²) in [6.45, 7) is 2.90. The van der Waals surface area contributed by atoms with Crippen molar-refractivity contribution in [2.45, 2.75) is 68.2 Å². The molecule has 1 aliphatic heterocycles. The topological polar surface area (TPSA) is 86.7 Å². The second kappa shape index (κ2) is 13.3. The van der Waals surface area contributed by atoms with Gasteiger partial charge in [0.05, 0.1) is 4.90 Å². The van der Waals surface area contributed by atoms with Gasteiger partial charge in [0.15, 0.2) is 0 Å². The summed E-state index contributed by atoms with van der Waals surface area (Å²) in [5, 5.41) is 13.2. The molecule has 10 heteroatoms. The summed E-state index contributed by atoms with van der Waals surface area (Å²) in [4.78, 5) is 14.1. The molecule has 1 aliphatic carbocycles. The van der Waals surface area contributed by atoms with Crippen molar-refractivity contribution >= 4 is 49.0 Å². The molecular formula is C34H36ClFN2O4S2. The van der Waals surface area contributed by atoms with E-state index in [4.69, 9.17) is 11.6 Å². The van der Waals surface area contributed by atoms with E-state index in [-0.39, 0.29) is 23.2 Å². The summed E-state index contributed by atoms with van der Waals surface area (Å²) < 4.78 is 43.7. The second-order valence-corrected chi connectivity index (χ2v) is 15.1. The lowest BCUT2D eigenvalue weighted by molar-refractivity contribution is -0.136. The molecule has 2 N–H and O–H groups in total. The zero-order valence-corrected chi connectivity index (χ0v) is 26.8. The third kappa shape index (κ3) is 7.18. The van der Waals surface area contributed by atoms with E-state index < -0.39 is 16.0 Å². The number of halogens is 2. The van der Waals surface area contributed by atoms with Crippen molar-refractivity contribution < 1.29 is 22.7 Å². The van der Waals surface area contributed by atoms with Crippen LogP contribution in [-0.2, 0) is 40.5 Å². The summed E-state index contributed by atoms with van der Waals surface area (Å²) in [7, 11) is -3.69. The van der Waals surface area contributed by atoms with E-state index in [2.05, 4.69) is 27.1 Å². The van der Waals surface area contributed by atoms with Gasteiger partial charge >= 0.3 is 5.97 Å². The van der Waals surface area contributed by atoms with Crippen molar-refractivity contribution in [1.82, 2.24) is 9.62 Å². The molecule has 1 saturated heterocycles. The van der Waals surface area contributed by atoms with E-state index in [0.717, 1.165) is 54.7 Å². The zero-order valence-electron chi connectivity index (χ0n) is 24.4. The van der Waals surface area contributed by atoms with Crippen LogP contribution in [0.4, 0.5) is 4.39 Å². The largest absolute Gasteiger partial charge is 0.481 e.